The Bertz CT molecular complexity index is 1030. The third-order valence-corrected chi connectivity index (χ3v) is 5.17. The summed E-state index contributed by atoms with van der Waals surface area (Å²) < 4.78 is 13.1. The van der Waals surface area contributed by atoms with Crippen molar-refractivity contribution in [2.45, 2.75) is 47.8 Å². The summed E-state index contributed by atoms with van der Waals surface area (Å²) in [5.74, 6) is 1.14. The van der Waals surface area contributed by atoms with Crippen LogP contribution in [0.1, 0.15) is 49.9 Å². The maximum absolute atomic E-state index is 13.1. The fourth-order valence-electron chi connectivity index (χ4n) is 3.44. The van der Waals surface area contributed by atoms with E-state index in [1.807, 2.05) is 51.6 Å². The summed E-state index contributed by atoms with van der Waals surface area (Å²) in [6.45, 7) is 10.5. The summed E-state index contributed by atoms with van der Waals surface area (Å²) in [6, 6.07) is 6.03. The maximum atomic E-state index is 13.1. The lowest BCUT2D eigenvalue weighted by Gasteiger charge is -2.17. The van der Waals surface area contributed by atoms with Crippen LogP contribution < -0.4 is 4.74 Å². The van der Waals surface area contributed by atoms with Crippen molar-refractivity contribution < 1.29 is 14.1 Å². The lowest BCUT2D eigenvalue weighted by molar-refractivity contribution is 0.0772. The molecule has 0 saturated carbocycles. The van der Waals surface area contributed by atoms with Gasteiger partial charge in [-0.05, 0) is 57.9 Å². The number of nitrogens with zero attached hydrogens (tertiary/aromatic N) is 4. The SMILES string of the molecule is Cc1cc(C)cc(OCc2c(C(=O)N(C)Cc3c(C)nn(C)c3C)noc2C)c1. The van der Waals surface area contributed by atoms with Crippen LogP contribution in [-0.4, -0.2) is 32.8 Å². The number of rotatable bonds is 6. The molecule has 0 unspecified atom stereocenters. The largest absolute Gasteiger partial charge is 0.489 e. The normalized spacial score (nSPS) is 11.0. The van der Waals surface area contributed by atoms with Crippen molar-refractivity contribution in [2.75, 3.05) is 7.05 Å². The van der Waals surface area contributed by atoms with E-state index in [-0.39, 0.29) is 18.2 Å². The highest BCUT2D eigenvalue weighted by Gasteiger charge is 2.24. The molecule has 0 bridgehead atoms. The number of aromatic nitrogens is 3. The van der Waals surface area contributed by atoms with Crippen LogP contribution in [0.15, 0.2) is 22.7 Å². The lowest BCUT2D eigenvalue weighted by atomic mass is 10.1. The van der Waals surface area contributed by atoms with E-state index in [9.17, 15) is 4.79 Å². The second-order valence-corrected chi connectivity index (χ2v) is 7.61. The molecule has 0 aliphatic heterocycles. The van der Waals surface area contributed by atoms with Gasteiger partial charge in [0.1, 0.15) is 18.1 Å². The van der Waals surface area contributed by atoms with Crippen LogP contribution in [0.5, 0.6) is 5.75 Å². The fourth-order valence-corrected chi connectivity index (χ4v) is 3.44. The van der Waals surface area contributed by atoms with E-state index in [2.05, 4.69) is 16.3 Å². The van der Waals surface area contributed by atoms with Crippen LogP contribution in [0.25, 0.3) is 0 Å². The van der Waals surface area contributed by atoms with Gasteiger partial charge >= 0.3 is 0 Å². The standard InChI is InChI=1S/C22H28N4O3/c1-13-8-14(2)10-18(9-13)28-12-20-17(5)29-24-21(20)22(27)25(6)11-19-15(3)23-26(7)16(19)4/h8-10H,11-12H2,1-7H3. The van der Waals surface area contributed by atoms with E-state index in [1.165, 1.54) is 0 Å². The van der Waals surface area contributed by atoms with Crippen LogP contribution in [0, 0.1) is 34.6 Å². The molecule has 0 radical (unpaired) electrons. The molecule has 7 heteroatoms. The van der Waals surface area contributed by atoms with Gasteiger partial charge in [0.05, 0.1) is 11.3 Å². The van der Waals surface area contributed by atoms with Crippen LogP contribution >= 0.6 is 0 Å². The molecule has 0 fully saturated rings. The Balaban J connectivity index is 1.77. The van der Waals surface area contributed by atoms with E-state index in [1.54, 1.807) is 18.9 Å². The third kappa shape index (κ3) is 4.34. The summed E-state index contributed by atoms with van der Waals surface area (Å²) in [5.41, 5.74) is 6.20. The third-order valence-electron chi connectivity index (χ3n) is 5.17. The maximum Gasteiger partial charge on any atom is 0.276 e. The predicted molar refractivity (Wildman–Crippen MR) is 110 cm³/mol. The molecule has 1 aromatic carbocycles. The summed E-state index contributed by atoms with van der Waals surface area (Å²) in [4.78, 5) is 14.7. The molecular formula is C22H28N4O3. The van der Waals surface area contributed by atoms with Crippen LogP contribution in [0.3, 0.4) is 0 Å². The van der Waals surface area contributed by atoms with Gasteiger partial charge in [-0.2, -0.15) is 5.10 Å². The summed E-state index contributed by atoms with van der Waals surface area (Å²) in [7, 11) is 3.66. The minimum absolute atomic E-state index is 0.205. The van der Waals surface area contributed by atoms with Crippen molar-refractivity contribution in [2.24, 2.45) is 7.05 Å². The van der Waals surface area contributed by atoms with Crippen molar-refractivity contribution in [3.05, 3.63) is 63.3 Å². The first kappa shape index (κ1) is 20.6. The zero-order chi connectivity index (χ0) is 21.3. The Labute approximate surface area is 171 Å². The number of ether oxygens (including phenoxy) is 1. The summed E-state index contributed by atoms with van der Waals surface area (Å²) >= 11 is 0. The molecule has 1 amide bonds. The van der Waals surface area contributed by atoms with E-state index in [4.69, 9.17) is 9.26 Å². The van der Waals surface area contributed by atoms with Gasteiger partial charge in [0.25, 0.3) is 5.91 Å². The molecule has 0 spiro atoms. The molecule has 2 aromatic heterocycles. The van der Waals surface area contributed by atoms with Gasteiger partial charge < -0.3 is 14.2 Å². The monoisotopic (exact) mass is 396 g/mol. The van der Waals surface area contributed by atoms with Crippen molar-refractivity contribution in [1.29, 1.82) is 0 Å². The second-order valence-electron chi connectivity index (χ2n) is 7.61. The zero-order valence-electron chi connectivity index (χ0n) is 18.2. The molecule has 0 saturated heterocycles. The molecule has 2 heterocycles. The minimum atomic E-state index is -0.205. The van der Waals surface area contributed by atoms with E-state index in [0.29, 0.717) is 17.9 Å². The Morgan fingerprint density at radius 2 is 1.76 bits per heavy atom. The first-order chi connectivity index (χ1) is 13.7. The van der Waals surface area contributed by atoms with Crippen LogP contribution in [-0.2, 0) is 20.2 Å². The predicted octanol–water partition coefficient (Wildman–Crippen LogP) is 3.80. The summed E-state index contributed by atoms with van der Waals surface area (Å²) in [6.07, 6.45) is 0. The quantitative estimate of drug-likeness (QED) is 0.634. The first-order valence-electron chi connectivity index (χ1n) is 9.58. The molecule has 0 atom stereocenters. The number of hydrogen-bond acceptors (Lipinski definition) is 5. The lowest BCUT2D eigenvalue weighted by Crippen LogP contribution is -2.28. The number of aryl methyl sites for hydroxylation is 5. The minimum Gasteiger partial charge on any atom is -0.489 e. The van der Waals surface area contributed by atoms with E-state index in [0.717, 1.165) is 33.8 Å². The average Bonchev–Trinajstić information content (AvgIpc) is 3.12. The van der Waals surface area contributed by atoms with Crippen molar-refractivity contribution >= 4 is 5.91 Å². The van der Waals surface area contributed by atoms with E-state index < -0.39 is 0 Å². The Morgan fingerprint density at radius 3 is 2.34 bits per heavy atom. The molecule has 7 nitrogen and oxygen atoms in total. The smallest absolute Gasteiger partial charge is 0.276 e. The second kappa shape index (κ2) is 8.11. The molecule has 0 N–H and O–H groups in total. The van der Waals surface area contributed by atoms with Gasteiger partial charge in [0, 0.05) is 31.9 Å². The molecule has 154 valence electrons. The van der Waals surface area contributed by atoms with Crippen LogP contribution in [0.4, 0.5) is 0 Å². The molecule has 0 aliphatic carbocycles. The van der Waals surface area contributed by atoms with Gasteiger partial charge in [0.2, 0.25) is 0 Å². The number of amides is 1. The van der Waals surface area contributed by atoms with Crippen molar-refractivity contribution in [1.82, 2.24) is 19.8 Å². The first-order valence-corrected chi connectivity index (χ1v) is 9.58. The number of benzene rings is 1. The zero-order valence-corrected chi connectivity index (χ0v) is 18.2. The highest BCUT2D eigenvalue weighted by Crippen LogP contribution is 2.22. The molecule has 3 rings (SSSR count). The average molecular weight is 396 g/mol. The Morgan fingerprint density at radius 1 is 1.10 bits per heavy atom. The highest BCUT2D eigenvalue weighted by atomic mass is 16.5. The number of carbonyl (C=O) groups excluding carboxylic acids is 1. The Hall–Kier alpha value is -3.09. The van der Waals surface area contributed by atoms with Crippen LogP contribution in [0.2, 0.25) is 0 Å². The molecule has 29 heavy (non-hydrogen) atoms. The number of hydrogen-bond donors (Lipinski definition) is 0. The van der Waals surface area contributed by atoms with Gasteiger partial charge in [0.15, 0.2) is 5.69 Å². The van der Waals surface area contributed by atoms with Gasteiger partial charge in [-0.15, -0.1) is 0 Å². The van der Waals surface area contributed by atoms with Crippen molar-refractivity contribution in [3.8, 4) is 5.75 Å². The summed E-state index contributed by atoms with van der Waals surface area (Å²) in [5, 5.41) is 8.43. The number of carbonyl (C=O) groups is 1. The topological polar surface area (TPSA) is 73.4 Å². The van der Waals surface area contributed by atoms with Gasteiger partial charge in [-0.1, -0.05) is 11.2 Å². The Kier molecular flexibility index (Phi) is 5.77. The van der Waals surface area contributed by atoms with Gasteiger partial charge in [-0.25, -0.2) is 0 Å². The molecule has 3 aromatic rings. The fraction of sp³-hybridized carbons (Fsp3) is 0.409. The molecule has 0 aliphatic rings. The molecular weight excluding hydrogens is 368 g/mol. The van der Waals surface area contributed by atoms with Gasteiger partial charge in [-0.3, -0.25) is 9.48 Å². The van der Waals surface area contributed by atoms with E-state index >= 15 is 0 Å². The highest BCUT2D eigenvalue weighted by molar-refractivity contribution is 5.93. The van der Waals surface area contributed by atoms with Crippen molar-refractivity contribution in [3.63, 3.8) is 0 Å².